The fourth-order valence-corrected chi connectivity index (χ4v) is 3.25. The molecule has 0 radical (unpaired) electrons. The molecule has 0 amide bonds. The van der Waals surface area contributed by atoms with Crippen LogP contribution in [0, 0.1) is 0 Å². The van der Waals surface area contributed by atoms with Crippen molar-refractivity contribution in [2.45, 2.75) is 39.2 Å². The van der Waals surface area contributed by atoms with Gasteiger partial charge in [-0.15, -0.1) is 0 Å². The van der Waals surface area contributed by atoms with Gasteiger partial charge in [-0.2, -0.15) is 0 Å². The van der Waals surface area contributed by atoms with E-state index in [9.17, 15) is 0 Å². The Morgan fingerprint density at radius 3 is 2.48 bits per heavy atom. The average Bonchev–Trinajstić information content (AvgIpc) is 2.67. The number of rotatable bonds is 8. The van der Waals surface area contributed by atoms with Gasteiger partial charge in [0.2, 0.25) is 0 Å². The van der Waals surface area contributed by atoms with Crippen molar-refractivity contribution in [3.8, 4) is 5.75 Å². The highest BCUT2D eigenvalue weighted by Crippen LogP contribution is 2.18. The number of guanidine groups is 1. The van der Waals surface area contributed by atoms with E-state index in [1.54, 1.807) is 0 Å². The summed E-state index contributed by atoms with van der Waals surface area (Å²) in [5, 5.41) is 3.52. The van der Waals surface area contributed by atoms with Crippen molar-refractivity contribution in [1.82, 2.24) is 15.1 Å². The minimum absolute atomic E-state index is 0.305. The number of piperidine rings is 1. The van der Waals surface area contributed by atoms with E-state index >= 15 is 0 Å². The molecule has 1 fully saturated rings. The van der Waals surface area contributed by atoms with Gasteiger partial charge in [0, 0.05) is 39.5 Å². The van der Waals surface area contributed by atoms with Crippen molar-refractivity contribution >= 4 is 5.96 Å². The number of nitrogens with zero attached hydrogens (tertiary/aromatic N) is 3. The van der Waals surface area contributed by atoms with Crippen LogP contribution in [0.2, 0.25) is 0 Å². The number of para-hydroxylation sites is 1. The molecule has 0 spiro atoms. The molecule has 1 aromatic rings. The largest absolute Gasteiger partial charge is 0.490 e. The molecule has 0 aromatic heterocycles. The Balaban J connectivity index is 1.69. The Bertz CT molecular complexity index is 494. The summed E-state index contributed by atoms with van der Waals surface area (Å²) in [5.41, 5.74) is 0. The lowest BCUT2D eigenvalue weighted by Crippen LogP contribution is -2.47. The van der Waals surface area contributed by atoms with Gasteiger partial charge in [-0.05, 0) is 38.2 Å². The maximum absolute atomic E-state index is 6.07. The summed E-state index contributed by atoms with van der Waals surface area (Å²) >= 11 is 0. The lowest BCUT2D eigenvalue weighted by molar-refractivity contribution is 0.129. The fraction of sp³-hybridized carbons (Fsp3) is 0.650. The van der Waals surface area contributed by atoms with Crippen LogP contribution in [0.15, 0.2) is 35.3 Å². The second-order valence-electron chi connectivity index (χ2n) is 6.47. The first kappa shape index (κ1) is 19.6. The first-order valence-corrected chi connectivity index (χ1v) is 9.66. The second-order valence-corrected chi connectivity index (χ2v) is 6.47. The summed E-state index contributed by atoms with van der Waals surface area (Å²) in [4.78, 5) is 9.26. The van der Waals surface area contributed by atoms with Crippen LogP contribution >= 0.6 is 0 Å². The van der Waals surface area contributed by atoms with Gasteiger partial charge in [0.15, 0.2) is 5.96 Å². The van der Waals surface area contributed by atoms with E-state index in [1.165, 1.54) is 0 Å². The van der Waals surface area contributed by atoms with Crippen LogP contribution in [0.5, 0.6) is 5.75 Å². The molecule has 5 heteroatoms. The van der Waals surface area contributed by atoms with E-state index in [4.69, 9.17) is 4.74 Å². The minimum Gasteiger partial charge on any atom is -0.490 e. The third-order valence-corrected chi connectivity index (χ3v) is 4.83. The zero-order valence-corrected chi connectivity index (χ0v) is 16.1. The standard InChI is InChI=1S/C20H34N4O/c1-4-23(5-2)15-9-14-22-20(21-3)24-16-12-19(13-17-24)25-18-10-7-6-8-11-18/h6-8,10-11,19H,4-5,9,12-17H2,1-3H3,(H,21,22). The van der Waals surface area contributed by atoms with Gasteiger partial charge in [-0.3, -0.25) is 4.99 Å². The summed E-state index contributed by atoms with van der Waals surface area (Å²) in [5.74, 6) is 2.00. The van der Waals surface area contributed by atoms with Crippen LogP contribution in [-0.2, 0) is 0 Å². The maximum atomic E-state index is 6.07. The monoisotopic (exact) mass is 346 g/mol. The van der Waals surface area contributed by atoms with Crippen molar-refractivity contribution < 1.29 is 4.74 Å². The molecule has 0 unspecified atom stereocenters. The number of likely N-dealkylation sites (tertiary alicyclic amines) is 1. The van der Waals surface area contributed by atoms with Crippen molar-refractivity contribution in [3.63, 3.8) is 0 Å². The third kappa shape index (κ3) is 6.58. The lowest BCUT2D eigenvalue weighted by atomic mass is 10.1. The van der Waals surface area contributed by atoms with Gasteiger partial charge in [0.05, 0.1) is 0 Å². The molecule has 25 heavy (non-hydrogen) atoms. The summed E-state index contributed by atoms with van der Waals surface area (Å²) in [6.07, 6.45) is 3.53. The van der Waals surface area contributed by atoms with Gasteiger partial charge in [-0.25, -0.2) is 0 Å². The van der Waals surface area contributed by atoms with Crippen LogP contribution in [0.25, 0.3) is 0 Å². The zero-order chi connectivity index (χ0) is 17.9. The van der Waals surface area contributed by atoms with Gasteiger partial charge >= 0.3 is 0 Å². The first-order chi connectivity index (χ1) is 12.3. The van der Waals surface area contributed by atoms with Crippen LogP contribution in [0.3, 0.4) is 0 Å². The molecule has 2 rings (SSSR count). The molecule has 1 N–H and O–H groups in total. The van der Waals surface area contributed by atoms with E-state index < -0.39 is 0 Å². The smallest absolute Gasteiger partial charge is 0.193 e. The van der Waals surface area contributed by atoms with E-state index in [-0.39, 0.29) is 0 Å². The SMILES string of the molecule is CCN(CC)CCCNC(=NC)N1CCC(Oc2ccccc2)CC1. The molecule has 1 saturated heterocycles. The Kier molecular flexibility index (Phi) is 8.60. The van der Waals surface area contributed by atoms with Crippen LogP contribution in [0.4, 0.5) is 0 Å². The average molecular weight is 347 g/mol. The predicted octanol–water partition coefficient (Wildman–Crippen LogP) is 2.84. The van der Waals surface area contributed by atoms with E-state index in [2.05, 4.69) is 34.0 Å². The topological polar surface area (TPSA) is 40.1 Å². The highest BCUT2D eigenvalue weighted by atomic mass is 16.5. The predicted molar refractivity (Wildman–Crippen MR) is 105 cm³/mol. The van der Waals surface area contributed by atoms with Crippen LogP contribution in [-0.4, -0.2) is 68.2 Å². The van der Waals surface area contributed by atoms with Crippen molar-refractivity contribution in [1.29, 1.82) is 0 Å². The molecular formula is C20H34N4O. The minimum atomic E-state index is 0.305. The molecule has 1 aliphatic rings. The van der Waals surface area contributed by atoms with E-state index in [0.717, 1.165) is 70.2 Å². The summed E-state index contributed by atoms with van der Waals surface area (Å²) in [6.45, 7) is 10.8. The molecule has 140 valence electrons. The third-order valence-electron chi connectivity index (χ3n) is 4.83. The van der Waals surface area contributed by atoms with Gasteiger partial charge in [0.25, 0.3) is 0 Å². The molecule has 5 nitrogen and oxygen atoms in total. The Hall–Kier alpha value is -1.75. The highest BCUT2D eigenvalue weighted by Gasteiger charge is 2.22. The number of benzene rings is 1. The molecule has 0 saturated carbocycles. The van der Waals surface area contributed by atoms with Crippen LogP contribution in [0.1, 0.15) is 33.1 Å². The number of nitrogens with one attached hydrogen (secondary N) is 1. The van der Waals surface area contributed by atoms with Gasteiger partial charge in [-0.1, -0.05) is 32.0 Å². The number of hydrogen-bond donors (Lipinski definition) is 1. The maximum Gasteiger partial charge on any atom is 0.193 e. The summed E-state index contributed by atoms with van der Waals surface area (Å²) < 4.78 is 6.07. The van der Waals surface area contributed by atoms with E-state index in [1.807, 2.05) is 37.4 Å². The second kappa shape index (κ2) is 11.0. The van der Waals surface area contributed by atoms with Gasteiger partial charge in [0.1, 0.15) is 11.9 Å². The number of aliphatic imine (C=N–C) groups is 1. The normalized spacial score (nSPS) is 16.3. The Morgan fingerprint density at radius 1 is 1.20 bits per heavy atom. The van der Waals surface area contributed by atoms with Crippen molar-refractivity contribution in [2.75, 3.05) is 46.3 Å². The van der Waals surface area contributed by atoms with Crippen molar-refractivity contribution in [3.05, 3.63) is 30.3 Å². The van der Waals surface area contributed by atoms with E-state index in [0.29, 0.717) is 6.10 Å². The molecule has 1 aromatic carbocycles. The molecule has 0 atom stereocenters. The first-order valence-electron chi connectivity index (χ1n) is 9.66. The molecule has 0 bridgehead atoms. The zero-order valence-electron chi connectivity index (χ0n) is 16.1. The molecule has 1 aliphatic heterocycles. The number of ether oxygens (including phenoxy) is 1. The Labute approximate surface area is 153 Å². The van der Waals surface area contributed by atoms with Crippen molar-refractivity contribution in [2.24, 2.45) is 4.99 Å². The Morgan fingerprint density at radius 2 is 1.88 bits per heavy atom. The summed E-state index contributed by atoms with van der Waals surface area (Å²) in [6, 6.07) is 10.1. The molecule has 0 aliphatic carbocycles. The lowest BCUT2D eigenvalue weighted by Gasteiger charge is -2.34. The summed E-state index contributed by atoms with van der Waals surface area (Å²) in [7, 11) is 1.87. The molecule has 1 heterocycles. The van der Waals surface area contributed by atoms with Crippen LogP contribution < -0.4 is 10.1 Å². The fourth-order valence-electron chi connectivity index (χ4n) is 3.25. The van der Waals surface area contributed by atoms with Gasteiger partial charge < -0.3 is 19.9 Å². The quantitative estimate of drug-likeness (QED) is 0.446. The molecular weight excluding hydrogens is 312 g/mol. The highest BCUT2D eigenvalue weighted by molar-refractivity contribution is 5.79. The number of hydrogen-bond acceptors (Lipinski definition) is 3.